The number of aromatic nitrogens is 1. The summed E-state index contributed by atoms with van der Waals surface area (Å²) in [4.78, 5) is 20.2. The van der Waals surface area contributed by atoms with Crippen LogP contribution in [0.15, 0.2) is 30.5 Å². The molecule has 1 unspecified atom stereocenters. The Bertz CT molecular complexity index is 947. The molecule has 1 amide bonds. The zero-order valence-electron chi connectivity index (χ0n) is 16.3. The number of carbonyl (C=O) groups is 1. The first-order chi connectivity index (χ1) is 14.1. The highest BCUT2D eigenvalue weighted by atomic mass is 19.1. The van der Waals surface area contributed by atoms with E-state index < -0.39 is 12.2 Å². The third kappa shape index (κ3) is 4.10. The van der Waals surface area contributed by atoms with Gasteiger partial charge in [0.2, 0.25) is 5.91 Å². The maximum atomic E-state index is 13.6. The third-order valence-corrected chi connectivity index (χ3v) is 5.51. The van der Waals surface area contributed by atoms with Crippen LogP contribution in [0, 0.1) is 11.3 Å². The first-order valence-corrected chi connectivity index (χ1v) is 9.72. The highest BCUT2D eigenvalue weighted by Gasteiger charge is 2.36. The second-order valence-corrected chi connectivity index (χ2v) is 7.48. The lowest BCUT2D eigenvalue weighted by molar-refractivity contribution is -0.132. The Kier molecular flexibility index (Phi) is 5.49. The molecule has 7 nitrogen and oxygen atoms in total. The van der Waals surface area contributed by atoms with E-state index in [0.29, 0.717) is 13.1 Å². The summed E-state index contributed by atoms with van der Waals surface area (Å²) < 4.78 is 25.1. The van der Waals surface area contributed by atoms with Gasteiger partial charge in [-0.05, 0) is 30.7 Å². The number of ether oxygens (including phenoxy) is 2. The van der Waals surface area contributed by atoms with Gasteiger partial charge in [-0.25, -0.2) is 4.39 Å². The molecule has 0 saturated carbocycles. The number of pyridine rings is 1. The standard InChI is InChI=1S/C21H23FN4O3/c1-28-16-2-3-19-18(9-16)20(4-6-24-19)29-17-5-7-25(12-17)13-21(27)26-11-14(22)8-15(26)10-23/h2-4,6,9,14-15,17H,5,7-8,11-13H2,1H3/t14-,15?,17-/m0/s1. The van der Waals surface area contributed by atoms with Crippen LogP contribution in [0.25, 0.3) is 10.9 Å². The topological polar surface area (TPSA) is 78.7 Å². The highest BCUT2D eigenvalue weighted by molar-refractivity contribution is 5.86. The number of nitriles is 1. The van der Waals surface area contributed by atoms with Gasteiger partial charge >= 0.3 is 0 Å². The summed E-state index contributed by atoms with van der Waals surface area (Å²) in [6.07, 6.45) is 1.43. The summed E-state index contributed by atoms with van der Waals surface area (Å²) in [5.41, 5.74) is 0.825. The van der Waals surface area contributed by atoms with Gasteiger partial charge in [0.15, 0.2) is 0 Å². The number of rotatable bonds is 5. The smallest absolute Gasteiger partial charge is 0.237 e. The number of benzene rings is 1. The molecule has 2 aromatic rings. The third-order valence-electron chi connectivity index (χ3n) is 5.51. The SMILES string of the molecule is COc1ccc2nccc(O[C@H]3CCN(CC(=O)N4C[C@@H](F)CC4C#N)C3)c2c1. The van der Waals surface area contributed by atoms with Gasteiger partial charge in [-0.1, -0.05) is 0 Å². The van der Waals surface area contributed by atoms with E-state index in [0.717, 1.165) is 28.8 Å². The number of methoxy groups -OCH3 is 1. The molecule has 152 valence electrons. The van der Waals surface area contributed by atoms with Crippen LogP contribution in [0.2, 0.25) is 0 Å². The molecule has 2 aliphatic rings. The Morgan fingerprint density at radius 1 is 1.38 bits per heavy atom. The van der Waals surface area contributed by atoms with E-state index in [1.54, 1.807) is 13.3 Å². The average molecular weight is 398 g/mol. The summed E-state index contributed by atoms with van der Waals surface area (Å²) >= 11 is 0. The van der Waals surface area contributed by atoms with Gasteiger partial charge in [0.05, 0.1) is 31.8 Å². The van der Waals surface area contributed by atoms with Gasteiger partial charge in [-0.2, -0.15) is 5.26 Å². The minimum atomic E-state index is -1.12. The maximum Gasteiger partial charge on any atom is 0.237 e. The molecule has 3 heterocycles. The normalized spacial score (nSPS) is 24.6. The van der Waals surface area contributed by atoms with Crippen molar-refractivity contribution in [2.24, 2.45) is 0 Å². The highest BCUT2D eigenvalue weighted by Crippen LogP contribution is 2.30. The molecule has 1 aromatic carbocycles. The Morgan fingerprint density at radius 3 is 3.03 bits per heavy atom. The van der Waals surface area contributed by atoms with Crippen LogP contribution in [0.5, 0.6) is 11.5 Å². The summed E-state index contributed by atoms with van der Waals surface area (Å²) in [6.45, 7) is 1.50. The lowest BCUT2D eigenvalue weighted by Crippen LogP contribution is -2.42. The summed E-state index contributed by atoms with van der Waals surface area (Å²) in [7, 11) is 1.62. The van der Waals surface area contributed by atoms with Crippen molar-refractivity contribution in [1.29, 1.82) is 5.26 Å². The Morgan fingerprint density at radius 2 is 2.24 bits per heavy atom. The molecular formula is C21H23FN4O3. The molecule has 0 radical (unpaired) electrons. The van der Waals surface area contributed by atoms with E-state index in [9.17, 15) is 9.18 Å². The van der Waals surface area contributed by atoms with Gasteiger partial charge < -0.3 is 14.4 Å². The van der Waals surface area contributed by atoms with E-state index in [-0.39, 0.29) is 31.5 Å². The zero-order chi connectivity index (χ0) is 20.4. The van der Waals surface area contributed by atoms with E-state index in [4.69, 9.17) is 14.7 Å². The Hall–Kier alpha value is -2.92. The molecule has 29 heavy (non-hydrogen) atoms. The van der Waals surface area contributed by atoms with Gasteiger partial charge in [-0.3, -0.25) is 14.7 Å². The lowest BCUT2D eigenvalue weighted by atomic mass is 10.2. The monoisotopic (exact) mass is 398 g/mol. The average Bonchev–Trinajstić information content (AvgIpc) is 3.33. The van der Waals surface area contributed by atoms with Gasteiger partial charge in [0.25, 0.3) is 0 Å². The van der Waals surface area contributed by atoms with Gasteiger partial charge in [-0.15, -0.1) is 0 Å². The quantitative estimate of drug-likeness (QED) is 0.768. The van der Waals surface area contributed by atoms with Crippen LogP contribution in [-0.4, -0.2) is 72.3 Å². The molecule has 2 saturated heterocycles. The Balaban J connectivity index is 1.39. The zero-order valence-corrected chi connectivity index (χ0v) is 16.3. The fourth-order valence-corrected chi connectivity index (χ4v) is 4.01. The molecule has 1 aromatic heterocycles. The number of carbonyl (C=O) groups excluding carboxylic acids is 1. The number of alkyl halides is 1. The number of halogens is 1. The molecule has 0 bridgehead atoms. The number of hydrogen-bond acceptors (Lipinski definition) is 6. The summed E-state index contributed by atoms with van der Waals surface area (Å²) in [5, 5.41) is 10.0. The molecule has 0 aliphatic carbocycles. The summed E-state index contributed by atoms with van der Waals surface area (Å²) in [5.74, 6) is 1.27. The number of likely N-dealkylation sites (tertiary alicyclic amines) is 2. The number of amides is 1. The van der Waals surface area contributed by atoms with Crippen molar-refractivity contribution in [3.8, 4) is 17.6 Å². The molecule has 0 N–H and O–H groups in total. The lowest BCUT2D eigenvalue weighted by Gasteiger charge is -2.23. The van der Waals surface area contributed by atoms with Crippen molar-refractivity contribution in [1.82, 2.24) is 14.8 Å². The second kappa shape index (κ2) is 8.21. The van der Waals surface area contributed by atoms with Crippen molar-refractivity contribution in [2.45, 2.75) is 31.2 Å². The minimum Gasteiger partial charge on any atom is -0.497 e. The molecule has 4 rings (SSSR count). The van der Waals surface area contributed by atoms with E-state index >= 15 is 0 Å². The molecule has 2 aliphatic heterocycles. The Labute approximate surface area is 168 Å². The molecule has 3 atom stereocenters. The number of hydrogen-bond donors (Lipinski definition) is 0. The first kappa shape index (κ1) is 19.4. The fraction of sp³-hybridized carbons (Fsp3) is 0.476. The summed E-state index contributed by atoms with van der Waals surface area (Å²) in [6, 6.07) is 8.84. The van der Waals surface area contributed by atoms with Crippen LogP contribution in [0.4, 0.5) is 4.39 Å². The molecule has 8 heteroatoms. The van der Waals surface area contributed by atoms with E-state index in [1.807, 2.05) is 35.2 Å². The number of fused-ring (bicyclic) bond motifs is 1. The van der Waals surface area contributed by atoms with Gasteiger partial charge in [0.1, 0.15) is 29.8 Å². The van der Waals surface area contributed by atoms with Crippen LogP contribution >= 0.6 is 0 Å². The van der Waals surface area contributed by atoms with E-state index in [1.165, 1.54) is 4.90 Å². The van der Waals surface area contributed by atoms with Crippen molar-refractivity contribution >= 4 is 16.8 Å². The fourth-order valence-electron chi connectivity index (χ4n) is 4.01. The minimum absolute atomic E-state index is 0.00959. The predicted molar refractivity (Wildman–Crippen MR) is 104 cm³/mol. The van der Waals surface area contributed by atoms with Crippen LogP contribution in [-0.2, 0) is 4.79 Å². The van der Waals surface area contributed by atoms with Crippen molar-refractivity contribution in [3.63, 3.8) is 0 Å². The largest absolute Gasteiger partial charge is 0.497 e. The second-order valence-electron chi connectivity index (χ2n) is 7.48. The molecular weight excluding hydrogens is 375 g/mol. The van der Waals surface area contributed by atoms with Gasteiger partial charge in [0, 0.05) is 31.1 Å². The first-order valence-electron chi connectivity index (χ1n) is 9.72. The van der Waals surface area contributed by atoms with E-state index in [2.05, 4.69) is 4.98 Å². The van der Waals surface area contributed by atoms with Crippen molar-refractivity contribution in [2.75, 3.05) is 33.3 Å². The van der Waals surface area contributed by atoms with Crippen LogP contribution in [0.1, 0.15) is 12.8 Å². The number of nitrogens with zero attached hydrogens (tertiary/aromatic N) is 4. The van der Waals surface area contributed by atoms with Crippen LogP contribution in [0.3, 0.4) is 0 Å². The van der Waals surface area contributed by atoms with Crippen LogP contribution < -0.4 is 9.47 Å². The molecule has 0 spiro atoms. The maximum absolute atomic E-state index is 13.6. The molecule has 2 fully saturated rings. The van der Waals surface area contributed by atoms with Crippen molar-refractivity contribution < 1.29 is 18.7 Å². The van der Waals surface area contributed by atoms with Crippen molar-refractivity contribution in [3.05, 3.63) is 30.5 Å². The predicted octanol–water partition coefficient (Wildman–Crippen LogP) is 2.16.